The molecule has 0 amide bonds. The summed E-state index contributed by atoms with van der Waals surface area (Å²) in [6, 6.07) is 7.72. The molecule has 20 heavy (non-hydrogen) atoms. The Labute approximate surface area is 117 Å². The van der Waals surface area contributed by atoms with Crippen LogP contribution >= 0.6 is 0 Å². The van der Waals surface area contributed by atoms with Gasteiger partial charge in [-0.05, 0) is 31.3 Å². The Hall–Kier alpha value is -2.27. The second-order valence-electron chi connectivity index (χ2n) is 5.08. The zero-order valence-corrected chi connectivity index (χ0v) is 11.5. The molecule has 5 nitrogen and oxygen atoms in total. The first-order valence-corrected chi connectivity index (χ1v) is 6.64. The molecule has 0 unspecified atom stereocenters. The molecule has 0 aliphatic carbocycles. The summed E-state index contributed by atoms with van der Waals surface area (Å²) in [5, 5.41) is 0. The molecule has 3 N–H and O–H groups in total. The first kappa shape index (κ1) is 12.7. The van der Waals surface area contributed by atoms with Crippen molar-refractivity contribution in [3.8, 4) is 0 Å². The van der Waals surface area contributed by atoms with Crippen LogP contribution in [-0.2, 0) is 13.0 Å². The van der Waals surface area contributed by atoms with E-state index in [0.717, 1.165) is 42.1 Å². The number of imidazole rings is 1. The molecule has 0 atom stereocenters. The number of rotatable bonds is 5. The minimum absolute atomic E-state index is 0.754. The minimum Gasteiger partial charge on any atom is -0.472 e. The predicted octanol–water partition coefficient (Wildman–Crippen LogP) is 2.41. The van der Waals surface area contributed by atoms with Crippen LogP contribution in [0, 0.1) is 0 Å². The van der Waals surface area contributed by atoms with Gasteiger partial charge in [-0.1, -0.05) is 0 Å². The second-order valence-corrected chi connectivity index (χ2v) is 5.08. The van der Waals surface area contributed by atoms with Crippen molar-refractivity contribution >= 4 is 16.7 Å². The van der Waals surface area contributed by atoms with Gasteiger partial charge in [-0.3, -0.25) is 0 Å². The smallest absolute Gasteiger partial charge is 0.108 e. The van der Waals surface area contributed by atoms with Crippen LogP contribution in [0.3, 0.4) is 0 Å². The summed E-state index contributed by atoms with van der Waals surface area (Å²) >= 11 is 0. The average Bonchev–Trinajstić information content (AvgIpc) is 3.04. The summed E-state index contributed by atoms with van der Waals surface area (Å²) in [5.74, 6) is 0.990. The van der Waals surface area contributed by atoms with E-state index >= 15 is 0 Å². The number of hydrogen-bond acceptors (Lipinski definition) is 4. The van der Waals surface area contributed by atoms with E-state index in [1.54, 1.807) is 12.5 Å². The Morgan fingerprint density at radius 3 is 3.05 bits per heavy atom. The van der Waals surface area contributed by atoms with E-state index in [2.05, 4.69) is 21.9 Å². The topological polar surface area (TPSA) is 71.1 Å². The standard InChI is InChI=1S/C15H18N4O/c1-19(9-11-5-7-20-10-11)6-4-15-17-13-3-2-12(16)8-14(13)18-15/h2-3,5,7-8,10H,4,6,9,16H2,1H3,(H,17,18). The fraction of sp³-hybridized carbons (Fsp3) is 0.267. The predicted molar refractivity (Wildman–Crippen MR) is 79.3 cm³/mol. The van der Waals surface area contributed by atoms with E-state index in [4.69, 9.17) is 10.2 Å². The maximum Gasteiger partial charge on any atom is 0.108 e. The van der Waals surface area contributed by atoms with Crippen LogP contribution in [0.15, 0.2) is 41.2 Å². The molecular weight excluding hydrogens is 252 g/mol. The van der Waals surface area contributed by atoms with E-state index in [1.807, 2.05) is 24.3 Å². The molecule has 0 aliphatic rings. The average molecular weight is 270 g/mol. The van der Waals surface area contributed by atoms with E-state index in [9.17, 15) is 0 Å². The van der Waals surface area contributed by atoms with Crippen molar-refractivity contribution < 1.29 is 4.42 Å². The number of likely N-dealkylation sites (N-methyl/N-ethyl adjacent to an activating group) is 1. The van der Waals surface area contributed by atoms with Crippen molar-refractivity contribution in [3.05, 3.63) is 48.2 Å². The van der Waals surface area contributed by atoms with Gasteiger partial charge in [-0.2, -0.15) is 0 Å². The Kier molecular flexibility index (Phi) is 3.43. The normalized spacial score (nSPS) is 11.5. The van der Waals surface area contributed by atoms with Crippen LogP contribution in [0.2, 0.25) is 0 Å². The van der Waals surface area contributed by atoms with Gasteiger partial charge in [0.25, 0.3) is 0 Å². The Morgan fingerprint density at radius 2 is 2.25 bits per heavy atom. The molecule has 0 fully saturated rings. The molecule has 0 saturated carbocycles. The lowest BCUT2D eigenvalue weighted by molar-refractivity contribution is 0.328. The van der Waals surface area contributed by atoms with Crippen molar-refractivity contribution in [3.63, 3.8) is 0 Å². The highest BCUT2D eigenvalue weighted by molar-refractivity contribution is 5.78. The maximum atomic E-state index is 5.77. The van der Waals surface area contributed by atoms with Crippen molar-refractivity contribution in [2.75, 3.05) is 19.3 Å². The van der Waals surface area contributed by atoms with Gasteiger partial charge in [-0.25, -0.2) is 4.98 Å². The van der Waals surface area contributed by atoms with Crippen LogP contribution in [0.4, 0.5) is 5.69 Å². The monoisotopic (exact) mass is 270 g/mol. The molecule has 0 radical (unpaired) electrons. The van der Waals surface area contributed by atoms with E-state index in [0.29, 0.717) is 0 Å². The van der Waals surface area contributed by atoms with Gasteiger partial charge in [0.2, 0.25) is 0 Å². The number of nitrogen functional groups attached to an aromatic ring is 1. The van der Waals surface area contributed by atoms with Crippen LogP contribution < -0.4 is 5.73 Å². The summed E-state index contributed by atoms with van der Waals surface area (Å²) in [5.41, 5.74) is 9.67. The number of anilines is 1. The highest BCUT2D eigenvalue weighted by Gasteiger charge is 2.06. The van der Waals surface area contributed by atoms with Gasteiger partial charge in [-0.15, -0.1) is 0 Å². The summed E-state index contributed by atoms with van der Waals surface area (Å²) in [6.45, 7) is 1.81. The molecular formula is C15H18N4O. The van der Waals surface area contributed by atoms with Gasteiger partial charge >= 0.3 is 0 Å². The third-order valence-corrected chi connectivity index (χ3v) is 3.32. The number of benzene rings is 1. The molecule has 104 valence electrons. The number of hydrogen-bond donors (Lipinski definition) is 2. The summed E-state index contributed by atoms with van der Waals surface area (Å²) in [7, 11) is 2.09. The summed E-state index contributed by atoms with van der Waals surface area (Å²) < 4.78 is 5.07. The molecule has 2 aromatic heterocycles. The number of H-pyrrole nitrogens is 1. The van der Waals surface area contributed by atoms with Crippen molar-refractivity contribution in [2.45, 2.75) is 13.0 Å². The van der Waals surface area contributed by atoms with Gasteiger partial charge in [0, 0.05) is 30.8 Å². The van der Waals surface area contributed by atoms with Crippen LogP contribution in [0.25, 0.3) is 11.0 Å². The number of nitrogens with zero attached hydrogens (tertiary/aromatic N) is 2. The molecule has 0 aliphatic heterocycles. The highest BCUT2D eigenvalue weighted by Crippen LogP contribution is 2.15. The Balaban J connectivity index is 1.61. The lowest BCUT2D eigenvalue weighted by Gasteiger charge is -2.14. The number of aromatic amines is 1. The largest absolute Gasteiger partial charge is 0.472 e. The van der Waals surface area contributed by atoms with Crippen molar-refractivity contribution in [2.24, 2.45) is 0 Å². The first-order valence-electron chi connectivity index (χ1n) is 6.64. The Morgan fingerprint density at radius 1 is 1.35 bits per heavy atom. The minimum atomic E-state index is 0.754. The van der Waals surface area contributed by atoms with E-state index < -0.39 is 0 Å². The van der Waals surface area contributed by atoms with E-state index in [-0.39, 0.29) is 0 Å². The fourth-order valence-electron chi connectivity index (χ4n) is 2.27. The van der Waals surface area contributed by atoms with E-state index in [1.165, 1.54) is 5.56 Å². The van der Waals surface area contributed by atoms with Crippen LogP contribution in [-0.4, -0.2) is 28.5 Å². The summed E-state index contributed by atoms with van der Waals surface area (Å²) in [6.07, 6.45) is 4.36. The molecule has 3 aromatic rings. The summed E-state index contributed by atoms with van der Waals surface area (Å²) in [4.78, 5) is 10.1. The van der Waals surface area contributed by atoms with Crippen LogP contribution in [0.5, 0.6) is 0 Å². The third kappa shape index (κ3) is 2.83. The molecule has 2 heterocycles. The number of fused-ring (bicyclic) bond motifs is 1. The van der Waals surface area contributed by atoms with Gasteiger partial charge in [0.05, 0.1) is 23.6 Å². The van der Waals surface area contributed by atoms with Gasteiger partial charge in [0.1, 0.15) is 5.82 Å². The molecule has 1 aromatic carbocycles. The number of nitrogens with one attached hydrogen (secondary N) is 1. The lowest BCUT2D eigenvalue weighted by atomic mass is 10.3. The van der Waals surface area contributed by atoms with Crippen molar-refractivity contribution in [1.82, 2.24) is 14.9 Å². The second kappa shape index (κ2) is 5.38. The highest BCUT2D eigenvalue weighted by atomic mass is 16.3. The van der Waals surface area contributed by atoms with Crippen molar-refractivity contribution in [1.29, 1.82) is 0 Å². The number of nitrogens with two attached hydrogens (primary N) is 1. The SMILES string of the molecule is CN(CCc1nc2ccc(N)cc2[nH]1)Cc1ccoc1. The zero-order chi connectivity index (χ0) is 13.9. The maximum absolute atomic E-state index is 5.77. The quantitative estimate of drug-likeness (QED) is 0.698. The Bertz CT molecular complexity index is 687. The molecule has 3 rings (SSSR count). The molecule has 0 saturated heterocycles. The lowest BCUT2D eigenvalue weighted by Crippen LogP contribution is -2.20. The zero-order valence-electron chi connectivity index (χ0n) is 11.5. The third-order valence-electron chi connectivity index (χ3n) is 3.32. The van der Waals surface area contributed by atoms with Crippen LogP contribution in [0.1, 0.15) is 11.4 Å². The molecule has 0 bridgehead atoms. The van der Waals surface area contributed by atoms with Gasteiger partial charge in [0.15, 0.2) is 0 Å². The first-order chi connectivity index (χ1) is 9.70. The fourth-order valence-corrected chi connectivity index (χ4v) is 2.27. The number of aromatic nitrogens is 2. The molecule has 0 spiro atoms. The number of furan rings is 1. The van der Waals surface area contributed by atoms with Gasteiger partial charge < -0.3 is 20.0 Å². The molecule has 5 heteroatoms.